The molecule has 0 heterocycles. The van der Waals surface area contributed by atoms with Crippen LogP contribution >= 0.6 is 0 Å². The van der Waals surface area contributed by atoms with Crippen LogP contribution in [0.1, 0.15) is 40.5 Å². The second-order valence-electron chi connectivity index (χ2n) is 4.01. The van der Waals surface area contributed by atoms with E-state index in [4.69, 9.17) is 10.5 Å². The van der Waals surface area contributed by atoms with Crippen LogP contribution in [0.25, 0.3) is 0 Å². The van der Waals surface area contributed by atoms with Gasteiger partial charge in [0.2, 0.25) is 12.1 Å². The molecule has 1 unspecified atom stereocenters. The lowest BCUT2D eigenvalue weighted by Crippen LogP contribution is -2.25. The molecule has 0 spiro atoms. The van der Waals surface area contributed by atoms with E-state index in [1.54, 1.807) is 0 Å². The summed E-state index contributed by atoms with van der Waals surface area (Å²) in [5.74, 6) is -2.21. The Balaban J connectivity index is 2.88. The first kappa shape index (κ1) is 15.1. The van der Waals surface area contributed by atoms with Crippen molar-refractivity contribution >= 4 is 11.7 Å². The van der Waals surface area contributed by atoms with Crippen molar-refractivity contribution in [2.45, 2.75) is 26.1 Å². The van der Waals surface area contributed by atoms with E-state index in [-0.39, 0.29) is 17.7 Å². The standard InChI is InChI=1S/C13H17NO5/c1-2-3-7-19-13(18)11(16)8-5-4-6-9(10(8)15)12(14)17/h4-6,13,15,18H,2-3,7H2,1H3,(H2,14,17). The van der Waals surface area contributed by atoms with Gasteiger partial charge < -0.3 is 20.7 Å². The summed E-state index contributed by atoms with van der Waals surface area (Å²) in [5.41, 5.74) is 4.69. The second-order valence-corrected chi connectivity index (χ2v) is 4.01. The summed E-state index contributed by atoms with van der Waals surface area (Å²) in [4.78, 5) is 22.9. The van der Waals surface area contributed by atoms with Gasteiger partial charge >= 0.3 is 0 Å². The van der Waals surface area contributed by atoms with Crippen LogP contribution in [0.15, 0.2) is 18.2 Å². The summed E-state index contributed by atoms with van der Waals surface area (Å²) in [6.07, 6.45) is -0.0957. The molecule has 4 N–H and O–H groups in total. The number of unbranched alkanes of at least 4 members (excludes halogenated alkanes) is 1. The van der Waals surface area contributed by atoms with E-state index in [1.807, 2.05) is 6.92 Å². The molecule has 1 rings (SSSR count). The normalized spacial score (nSPS) is 12.1. The van der Waals surface area contributed by atoms with Crippen molar-refractivity contribution in [3.63, 3.8) is 0 Å². The molecule has 0 aromatic heterocycles. The van der Waals surface area contributed by atoms with E-state index >= 15 is 0 Å². The first-order valence-corrected chi connectivity index (χ1v) is 5.94. The van der Waals surface area contributed by atoms with Gasteiger partial charge in [-0.05, 0) is 18.6 Å². The average Bonchev–Trinajstić information content (AvgIpc) is 2.38. The minimum absolute atomic E-state index is 0.174. The third kappa shape index (κ3) is 3.77. The molecule has 1 aromatic rings. The van der Waals surface area contributed by atoms with Crippen molar-refractivity contribution < 1.29 is 24.5 Å². The minimum atomic E-state index is -1.67. The second kappa shape index (κ2) is 6.86. The lowest BCUT2D eigenvalue weighted by molar-refractivity contribution is -0.0727. The summed E-state index contributed by atoms with van der Waals surface area (Å²) in [7, 11) is 0. The van der Waals surface area contributed by atoms with Crippen molar-refractivity contribution in [1.82, 2.24) is 0 Å². The summed E-state index contributed by atoms with van der Waals surface area (Å²) >= 11 is 0. The summed E-state index contributed by atoms with van der Waals surface area (Å²) in [6.45, 7) is 2.18. The molecule has 1 atom stereocenters. The van der Waals surface area contributed by atoms with Crippen LogP contribution in [0.2, 0.25) is 0 Å². The van der Waals surface area contributed by atoms with Crippen molar-refractivity contribution in [3.8, 4) is 5.75 Å². The largest absolute Gasteiger partial charge is 0.506 e. The molecule has 0 aliphatic heterocycles. The maximum absolute atomic E-state index is 11.8. The highest BCUT2D eigenvalue weighted by atomic mass is 16.6. The highest BCUT2D eigenvalue weighted by Crippen LogP contribution is 2.23. The minimum Gasteiger partial charge on any atom is -0.506 e. The molecule has 6 heteroatoms. The van der Waals surface area contributed by atoms with Crippen molar-refractivity contribution in [3.05, 3.63) is 29.3 Å². The first-order valence-electron chi connectivity index (χ1n) is 5.94. The monoisotopic (exact) mass is 267 g/mol. The third-order valence-electron chi connectivity index (χ3n) is 2.56. The number of primary amides is 1. The predicted molar refractivity (Wildman–Crippen MR) is 67.8 cm³/mol. The topological polar surface area (TPSA) is 110 Å². The van der Waals surface area contributed by atoms with E-state index in [9.17, 15) is 19.8 Å². The molecular weight excluding hydrogens is 250 g/mol. The van der Waals surface area contributed by atoms with Gasteiger partial charge in [-0.2, -0.15) is 0 Å². The number of aliphatic hydroxyl groups is 1. The molecule has 0 fully saturated rings. The molecule has 0 saturated carbocycles. The number of hydrogen-bond donors (Lipinski definition) is 3. The number of aromatic hydroxyl groups is 1. The summed E-state index contributed by atoms with van der Waals surface area (Å²) < 4.78 is 4.93. The zero-order chi connectivity index (χ0) is 14.4. The summed E-state index contributed by atoms with van der Waals surface area (Å²) in [5, 5.41) is 19.3. The number of ether oxygens (including phenoxy) is 1. The van der Waals surface area contributed by atoms with Gasteiger partial charge in [0.15, 0.2) is 0 Å². The quantitative estimate of drug-likeness (QED) is 0.384. The van der Waals surface area contributed by atoms with E-state index in [2.05, 4.69) is 0 Å². The Morgan fingerprint density at radius 2 is 2.00 bits per heavy atom. The van der Waals surface area contributed by atoms with Crippen LogP contribution < -0.4 is 5.73 Å². The number of phenols is 1. The number of carbonyl (C=O) groups is 2. The van der Waals surface area contributed by atoms with E-state index in [0.717, 1.165) is 6.42 Å². The number of hydrogen-bond acceptors (Lipinski definition) is 5. The predicted octanol–water partition coefficient (Wildman–Crippen LogP) is 0.809. The zero-order valence-electron chi connectivity index (χ0n) is 10.6. The van der Waals surface area contributed by atoms with E-state index < -0.39 is 23.7 Å². The highest BCUT2D eigenvalue weighted by Gasteiger charge is 2.23. The Kier molecular flexibility index (Phi) is 5.47. The fourth-order valence-corrected chi connectivity index (χ4v) is 1.49. The van der Waals surface area contributed by atoms with Crippen molar-refractivity contribution in [2.24, 2.45) is 5.73 Å². The number of carbonyl (C=O) groups excluding carboxylic acids is 2. The van der Waals surface area contributed by atoms with Gasteiger partial charge in [-0.15, -0.1) is 0 Å². The van der Waals surface area contributed by atoms with Gasteiger partial charge in [0.1, 0.15) is 5.75 Å². The van der Waals surface area contributed by atoms with Crippen LogP contribution in [0, 0.1) is 0 Å². The van der Waals surface area contributed by atoms with Crippen LogP contribution in [0.5, 0.6) is 5.75 Å². The number of benzene rings is 1. The summed E-state index contributed by atoms with van der Waals surface area (Å²) in [6, 6.07) is 3.97. The SMILES string of the molecule is CCCCOC(O)C(=O)c1cccc(C(N)=O)c1O. The van der Waals surface area contributed by atoms with Crippen LogP contribution in [0.4, 0.5) is 0 Å². The highest BCUT2D eigenvalue weighted by molar-refractivity contribution is 6.05. The van der Waals surface area contributed by atoms with Crippen LogP contribution in [-0.4, -0.2) is 34.8 Å². The molecule has 104 valence electrons. The smallest absolute Gasteiger partial charge is 0.252 e. The lowest BCUT2D eigenvalue weighted by atomic mass is 10.0. The van der Waals surface area contributed by atoms with Gasteiger partial charge in [0.25, 0.3) is 5.91 Å². The average molecular weight is 267 g/mol. The number of nitrogens with two attached hydrogens (primary N) is 1. The van der Waals surface area contributed by atoms with Gasteiger partial charge in [-0.25, -0.2) is 0 Å². The van der Waals surface area contributed by atoms with Crippen LogP contribution in [-0.2, 0) is 4.74 Å². The number of amides is 1. The molecule has 0 aliphatic rings. The number of rotatable bonds is 7. The van der Waals surface area contributed by atoms with E-state index in [1.165, 1.54) is 18.2 Å². The van der Waals surface area contributed by atoms with Crippen molar-refractivity contribution in [2.75, 3.05) is 6.61 Å². The third-order valence-corrected chi connectivity index (χ3v) is 2.56. The molecule has 0 bridgehead atoms. The Hall–Kier alpha value is -1.92. The van der Waals surface area contributed by atoms with Gasteiger partial charge in [-0.1, -0.05) is 19.4 Å². The van der Waals surface area contributed by atoms with Crippen molar-refractivity contribution in [1.29, 1.82) is 0 Å². The number of aliphatic hydroxyl groups excluding tert-OH is 1. The Morgan fingerprint density at radius 3 is 2.58 bits per heavy atom. The first-order chi connectivity index (χ1) is 8.99. The number of Topliss-reactive ketones (excluding diaryl/α,β-unsaturated/α-hetero) is 1. The molecule has 19 heavy (non-hydrogen) atoms. The molecule has 0 radical (unpaired) electrons. The van der Waals surface area contributed by atoms with E-state index in [0.29, 0.717) is 6.42 Å². The number of ketones is 1. The zero-order valence-corrected chi connectivity index (χ0v) is 10.6. The van der Waals surface area contributed by atoms with Gasteiger partial charge in [0.05, 0.1) is 17.7 Å². The molecule has 0 aliphatic carbocycles. The maximum atomic E-state index is 11.8. The molecule has 6 nitrogen and oxygen atoms in total. The van der Waals surface area contributed by atoms with Gasteiger partial charge in [-0.3, -0.25) is 9.59 Å². The molecular formula is C13H17NO5. The Morgan fingerprint density at radius 1 is 1.37 bits per heavy atom. The Labute approximate surface area is 110 Å². The number of para-hydroxylation sites is 1. The maximum Gasteiger partial charge on any atom is 0.252 e. The van der Waals surface area contributed by atoms with Crippen LogP contribution in [0.3, 0.4) is 0 Å². The molecule has 0 saturated heterocycles. The Bertz CT molecular complexity index is 472. The van der Waals surface area contributed by atoms with Gasteiger partial charge in [0, 0.05) is 0 Å². The lowest BCUT2D eigenvalue weighted by Gasteiger charge is -2.12. The molecule has 1 aromatic carbocycles. The molecule has 1 amide bonds. The fraction of sp³-hybridized carbons (Fsp3) is 0.385. The fourth-order valence-electron chi connectivity index (χ4n) is 1.49.